The molecule has 0 saturated heterocycles. The third kappa shape index (κ3) is 3.72. The second-order valence-electron chi connectivity index (χ2n) is 4.77. The lowest BCUT2D eigenvalue weighted by atomic mass is 9.81. The SMILES string of the molecule is CNC(=O)CN(C)C(=O)C1CCCC(C(=O)O)C1. The van der Waals surface area contributed by atoms with Crippen molar-refractivity contribution < 1.29 is 19.5 Å². The standard InChI is InChI=1S/C12H20N2O4/c1-13-10(15)7-14(2)11(16)8-4-3-5-9(6-8)12(17)18/h8-9H,3-7H2,1-2H3,(H,13,15)(H,17,18). The third-order valence-electron chi connectivity index (χ3n) is 3.41. The van der Waals surface area contributed by atoms with Crippen LogP contribution in [0, 0.1) is 11.8 Å². The van der Waals surface area contributed by atoms with Gasteiger partial charge in [-0.2, -0.15) is 0 Å². The summed E-state index contributed by atoms with van der Waals surface area (Å²) in [5.41, 5.74) is 0. The van der Waals surface area contributed by atoms with E-state index >= 15 is 0 Å². The molecule has 2 N–H and O–H groups in total. The molecule has 102 valence electrons. The predicted octanol–water partition coefficient (Wildman–Crippen LogP) is 0.0818. The first-order valence-corrected chi connectivity index (χ1v) is 6.14. The van der Waals surface area contributed by atoms with Gasteiger partial charge in [0.15, 0.2) is 0 Å². The average molecular weight is 256 g/mol. The highest BCUT2D eigenvalue weighted by Gasteiger charge is 2.32. The molecule has 1 rings (SSSR count). The minimum atomic E-state index is -0.832. The third-order valence-corrected chi connectivity index (χ3v) is 3.41. The van der Waals surface area contributed by atoms with E-state index in [9.17, 15) is 14.4 Å². The van der Waals surface area contributed by atoms with Crippen molar-refractivity contribution >= 4 is 17.8 Å². The van der Waals surface area contributed by atoms with Gasteiger partial charge in [-0.25, -0.2) is 0 Å². The van der Waals surface area contributed by atoms with E-state index in [2.05, 4.69) is 5.32 Å². The van der Waals surface area contributed by atoms with Gasteiger partial charge in [-0.15, -0.1) is 0 Å². The van der Waals surface area contributed by atoms with E-state index in [-0.39, 0.29) is 24.3 Å². The number of hydrogen-bond donors (Lipinski definition) is 2. The molecular formula is C12H20N2O4. The van der Waals surface area contributed by atoms with Crippen molar-refractivity contribution in [2.24, 2.45) is 11.8 Å². The van der Waals surface area contributed by atoms with Crippen LogP contribution in [0.1, 0.15) is 25.7 Å². The number of aliphatic carboxylic acids is 1. The molecular weight excluding hydrogens is 236 g/mol. The van der Waals surface area contributed by atoms with E-state index in [1.807, 2.05) is 0 Å². The molecule has 1 saturated carbocycles. The van der Waals surface area contributed by atoms with Crippen LogP contribution in [0.15, 0.2) is 0 Å². The fourth-order valence-electron chi connectivity index (χ4n) is 2.32. The normalized spacial score (nSPS) is 23.2. The Labute approximate surface area is 106 Å². The topological polar surface area (TPSA) is 86.7 Å². The Balaban J connectivity index is 2.55. The second-order valence-corrected chi connectivity index (χ2v) is 4.77. The van der Waals surface area contributed by atoms with Crippen molar-refractivity contribution in [2.45, 2.75) is 25.7 Å². The zero-order chi connectivity index (χ0) is 13.7. The molecule has 0 aromatic heterocycles. The first-order chi connectivity index (χ1) is 8.45. The van der Waals surface area contributed by atoms with Crippen LogP contribution < -0.4 is 5.32 Å². The van der Waals surface area contributed by atoms with E-state index in [0.717, 1.165) is 6.42 Å². The van der Waals surface area contributed by atoms with E-state index < -0.39 is 11.9 Å². The molecule has 0 bridgehead atoms. The molecule has 1 fully saturated rings. The first kappa shape index (κ1) is 14.5. The van der Waals surface area contributed by atoms with Crippen molar-refractivity contribution in [2.75, 3.05) is 20.6 Å². The number of nitrogens with zero attached hydrogens (tertiary/aromatic N) is 1. The summed E-state index contributed by atoms with van der Waals surface area (Å²) < 4.78 is 0. The highest BCUT2D eigenvalue weighted by molar-refractivity contribution is 5.86. The quantitative estimate of drug-likeness (QED) is 0.746. The molecule has 0 radical (unpaired) electrons. The van der Waals surface area contributed by atoms with Crippen LogP contribution in [0.2, 0.25) is 0 Å². The molecule has 2 atom stereocenters. The summed E-state index contributed by atoms with van der Waals surface area (Å²) in [4.78, 5) is 35.5. The molecule has 0 aliphatic heterocycles. The van der Waals surface area contributed by atoms with Crippen molar-refractivity contribution in [3.8, 4) is 0 Å². The summed E-state index contributed by atoms with van der Waals surface area (Å²) in [7, 11) is 3.09. The van der Waals surface area contributed by atoms with Gasteiger partial charge in [0, 0.05) is 20.0 Å². The lowest BCUT2D eigenvalue weighted by Gasteiger charge is -2.29. The Bertz CT molecular complexity index is 343. The van der Waals surface area contributed by atoms with Gasteiger partial charge in [0.05, 0.1) is 12.5 Å². The Morgan fingerprint density at radius 3 is 2.44 bits per heavy atom. The lowest BCUT2D eigenvalue weighted by molar-refractivity contribution is -0.146. The van der Waals surface area contributed by atoms with Gasteiger partial charge >= 0.3 is 5.97 Å². The Hall–Kier alpha value is -1.59. The first-order valence-electron chi connectivity index (χ1n) is 6.14. The zero-order valence-electron chi connectivity index (χ0n) is 10.8. The van der Waals surface area contributed by atoms with E-state index in [0.29, 0.717) is 19.3 Å². The van der Waals surface area contributed by atoms with E-state index in [4.69, 9.17) is 5.11 Å². The van der Waals surface area contributed by atoms with Crippen LogP contribution in [0.4, 0.5) is 0 Å². The number of rotatable bonds is 4. The molecule has 0 heterocycles. The van der Waals surface area contributed by atoms with Crippen molar-refractivity contribution in [1.29, 1.82) is 0 Å². The van der Waals surface area contributed by atoms with E-state index in [1.54, 1.807) is 7.05 Å². The molecule has 2 amide bonds. The summed E-state index contributed by atoms with van der Waals surface area (Å²) in [5, 5.41) is 11.4. The van der Waals surface area contributed by atoms with Gasteiger partial charge in [-0.1, -0.05) is 6.42 Å². The number of nitrogens with one attached hydrogen (secondary N) is 1. The Kier molecular flexibility index (Phi) is 5.12. The van der Waals surface area contributed by atoms with Gasteiger partial charge in [-0.3, -0.25) is 14.4 Å². The van der Waals surface area contributed by atoms with E-state index in [1.165, 1.54) is 11.9 Å². The largest absolute Gasteiger partial charge is 0.481 e. The van der Waals surface area contributed by atoms with Gasteiger partial charge in [0.25, 0.3) is 0 Å². The molecule has 0 aromatic carbocycles. The van der Waals surface area contributed by atoms with Crippen LogP contribution in [0.25, 0.3) is 0 Å². The molecule has 18 heavy (non-hydrogen) atoms. The number of hydrogen-bond acceptors (Lipinski definition) is 3. The minimum Gasteiger partial charge on any atom is -0.481 e. The number of carbonyl (C=O) groups excluding carboxylic acids is 2. The smallest absolute Gasteiger partial charge is 0.306 e. The molecule has 0 spiro atoms. The summed E-state index contributed by atoms with van der Waals surface area (Å²) in [6.07, 6.45) is 2.48. The van der Waals surface area contributed by atoms with Crippen LogP contribution in [-0.4, -0.2) is 48.4 Å². The summed E-state index contributed by atoms with van der Waals surface area (Å²) in [5.74, 6) is -1.89. The summed E-state index contributed by atoms with van der Waals surface area (Å²) in [6, 6.07) is 0. The van der Waals surface area contributed by atoms with Gasteiger partial charge < -0.3 is 15.3 Å². The van der Waals surface area contributed by atoms with Crippen LogP contribution in [0.5, 0.6) is 0 Å². The van der Waals surface area contributed by atoms with Crippen molar-refractivity contribution in [3.63, 3.8) is 0 Å². The number of carbonyl (C=O) groups is 3. The number of carboxylic acids is 1. The van der Waals surface area contributed by atoms with Crippen molar-refractivity contribution in [3.05, 3.63) is 0 Å². The fourth-order valence-corrected chi connectivity index (χ4v) is 2.32. The number of carboxylic acid groups (broad SMARTS) is 1. The Morgan fingerprint density at radius 2 is 1.89 bits per heavy atom. The minimum absolute atomic E-state index is 0.0174. The molecule has 0 aromatic rings. The van der Waals surface area contributed by atoms with Crippen molar-refractivity contribution in [1.82, 2.24) is 10.2 Å². The average Bonchev–Trinajstić information content (AvgIpc) is 2.37. The predicted molar refractivity (Wildman–Crippen MR) is 64.8 cm³/mol. The molecule has 2 unspecified atom stereocenters. The molecule has 6 nitrogen and oxygen atoms in total. The number of likely N-dealkylation sites (N-methyl/N-ethyl adjacent to an activating group) is 2. The van der Waals surface area contributed by atoms with Crippen LogP contribution >= 0.6 is 0 Å². The summed E-state index contributed by atoms with van der Waals surface area (Å²) >= 11 is 0. The van der Waals surface area contributed by atoms with Crippen LogP contribution in [0.3, 0.4) is 0 Å². The monoisotopic (exact) mass is 256 g/mol. The maximum Gasteiger partial charge on any atom is 0.306 e. The zero-order valence-corrected chi connectivity index (χ0v) is 10.8. The Morgan fingerprint density at radius 1 is 1.28 bits per heavy atom. The highest BCUT2D eigenvalue weighted by atomic mass is 16.4. The second kappa shape index (κ2) is 6.37. The lowest BCUT2D eigenvalue weighted by Crippen LogP contribution is -2.41. The number of amides is 2. The maximum atomic E-state index is 12.1. The molecule has 1 aliphatic carbocycles. The highest BCUT2D eigenvalue weighted by Crippen LogP contribution is 2.30. The fraction of sp³-hybridized carbons (Fsp3) is 0.750. The van der Waals surface area contributed by atoms with Gasteiger partial charge in [-0.05, 0) is 19.3 Å². The van der Waals surface area contributed by atoms with Crippen LogP contribution in [-0.2, 0) is 14.4 Å². The molecule has 6 heteroatoms. The maximum absolute atomic E-state index is 12.1. The van der Waals surface area contributed by atoms with Gasteiger partial charge in [0.2, 0.25) is 11.8 Å². The van der Waals surface area contributed by atoms with Gasteiger partial charge in [0.1, 0.15) is 0 Å². The molecule has 1 aliphatic rings. The summed E-state index contributed by atoms with van der Waals surface area (Å²) in [6.45, 7) is 0.0174.